The molecule has 172 valence electrons. The maximum atomic E-state index is 11.7. The van der Waals surface area contributed by atoms with E-state index in [-0.39, 0.29) is 23.2 Å². The minimum Gasteiger partial charge on any atom is -0.465 e. The Kier molecular flexibility index (Phi) is 7.58. The molecule has 0 amide bonds. The normalized spacial score (nSPS) is 17.7. The number of hydrogen-bond donors (Lipinski definition) is 0. The summed E-state index contributed by atoms with van der Waals surface area (Å²) in [4.78, 5) is 21.0. The van der Waals surface area contributed by atoms with Crippen LogP contribution in [0.1, 0.15) is 61.2 Å². The van der Waals surface area contributed by atoms with Crippen molar-refractivity contribution in [1.29, 1.82) is 0 Å². The number of carbonyl (C=O) groups excluding carboxylic acids is 1. The minimum absolute atomic E-state index is 0.0523. The molecule has 3 rings (SSSR count). The number of esters is 1. The van der Waals surface area contributed by atoms with Crippen LogP contribution in [-0.4, -0.2) is 38.1 Å². The molecule has 2 aromatic rings. The Morgan fingerprint density at radius 1 is 1.19 bits per heavy atom. The summed E-state index contributed by atoms with van der Waals surface area (Å²) in [5.74, 6) is -0.322. The molecule has 0 unspecified atom stereocenters. The van der Waals surface area contributed by atoms with Gasteiger partial charge < -0.3 is 9.16 Å². The van der Waals surface area contributed by atoms with E-state index in [1.54, 1.807) is 12.1 Å². The van der Waals surface area contributed by atoms with Crippen molar-refractivity contribution in [2.45, 2.75) is 70.3 Å². The molecule has 2 atom stereocenters. The monoisotopic (exact) mass is 472 g/mol. The van der Waals surface area contributed by atoms with Crippen LogP contribution in [-0.2, 0) is 15.6 Å². The summed E-state index contributed by atoms with van der Waals surface area (Å²) in [6, 6.07) is 11.4. The topological polar surface area (TPSA) is 60.8 Å². The quantitative estimate of drug-likeness (QED) is 0.264. The van der Waals surface area contributed by atoms with Crippen molar-refractivity contribution in [2.24, 2.45) is 4.99 Å². The van der Waals surface area contributed by atoms with Gasteiger partial charge in [-0.3, -0.25) is 4.99 Å². The minimum atomic E-state index is -2.02. The number of aromatic nitrogens is 1. The fraction of sp³-hybridized carbons (Fsp3) is 0.480. The molecule has 1 aromatic heterocycles. The lowest BCUT2D eigenvalue weighted by Crippen LogP contribution is -2.43. The molecule has 1 aliphatic rings. The fourth-order valence-corrected chi connectivity index (χ4v) is 4.96. The number of benzene rings is 1. The molecule has 0 spiro atoms. The van der Waals surface area contributed by atoms with E-state index in [9.17, 15) is 4.79 Å². The molecule has 5 nitrogen and oxygen atoms in total. The second-order valence-corrected chi connectivity index (χ2v) is 15.0. The molecule has 0 saturated carbocycles. The third-order valence-corrected chi connectivity index (χ3v) is 11.2. The van der Waals surface area contributed by atoms with Crippen LogP contribution in [0.3, 0.4) is 0 Å². The van der Waals surface area contributed by atoms with Gasteiger partial charge in [-0.05, 0) is 54.7 Å². The fourth-order valence-electron chi connectivity index (χ4n) is 3.56. The van der Waals surface area contributed by atoms with E-state index < -0.39 is 8.32 Å². The first-order valence-electron chi connectivity index (χ1n) is 11.0. The molecular weight excluding hydrogens is 440 g/mol. The Morgan fingerprint density at radius 2 is 1.88 bits per heavy atom. The SMILES string of the molecule is COC(=O)c1ccc(CC2=N[C@@H]([C@H](O[Si](C)(C)C(C)(C)C)c3ccc(Cl)nc3)CC2)cc1. The van der Waals surface area contributed by atoms with Gasteiger partial charge in [0, 0.05) is 23.9 Å². The number of nitrogens with zero attached hydrogens (tertiary/aromatic N) is 2. The maximum Gasteiger partial charge on any atom is 0.337 e. The van der Waals surface area contributed by atoms with Crippen molar-refractivity contribution in [3.63, 3.8) is 0 Å². The number of methoxy groups -OCH3 is 1. The summed E-state index contributed by atoms with van der Waals surface area (Å²) >= 11 is 6.04. The van der Waals surface area contributed by atoms with Crippen LogP contribution in [0.15, 0.2) is 47.6 Å². The largest absolute Gasteiger partial charge is 0.465 e. The molecular formula is C25H33ClN2O3Si. The van der Waals surface area contributed by atoms with Crippen LogP contribution in [0.2, 0.25) is 23.3 Å². The highest BCUT2D eigenvalue weighted by Gasteiger charge is 2.42. The van der Waals surface area contributed by atoms with Gasteiger partial charge in [0.05, 0.1) is 24.8 Å². The average molecular weight is 473 g/mol. The van der Waals surface area contributed by atoms with Crippen molar-refractivity contribution in [1.82, 2.24) is 4.98 Å². The number of rotatable bonds is 7. The molecule has 2 heterocycles. The van der Waals surface area contributed by atoms with Gasteiger partial charge in [-0.15, -0.1) is 0 Å². The Labute approximate surface area is 197 Å². The number of halogens is 1. The molecule has 1 aliphatic heterocycles. The highest BCUT2D eigenvalue weighted by molar-refractivity contribution is 6.74. The Morgan fingerprint density at radius 3 is 2.44 bits per heavy atom. The van der Waals surface area contributed by atoms with Gasteiger partial charge in [0.15, 0.2) is 8.32 Å². The zero-order chi connectivity index (χ0) is 23.5. The number of carbonyl (C=O) groups is 1. The van der Waals surface area contributed by atoms with E-state index in [4.69, 9.17) is 25.8 Å². The molecule has 0 fully saturated rings. The summed E-state index contributed by atoms with van der Waals surface area (Å²) in [6.07, 6.45) is 4.32. The van der Waals surface area contributed by atoms with Crippen molar-refractivity contribution in [3.05, 3.63) is 64.4 Å². The van der Waals surface area contributed by atoms with Gasteiger partial charge >= 0.3 is 5.97 Å². The summed E-state index contributed by atoms with van der Waals surface area (Å²) in [6.45, 7) is 11.3. The number of aliphatic imine (C=N–C) groups is 1. The van der Waals surface area contributed by atoms with Gasteiger partial charge in [0.25, 0.3) is 0 Å². The number of pyridine rings is 1. The van der Waals surface area contributed by atoms with Gasteiger partial charge in [-0.1, -0.05) is 50.6 Å². The van der Waals surface area contributed by atoms with E-state index in [1.165, 1.54) is 7.11 Å². The number of hydrogen-bond acceptors (Lipinski definition) is 5. The molecule has 0 saturated heterocycles. The zero-order valence-electron chi connectivity index (χ0n) is 19.8. The first-order valence-corrected chi connectivity index (χ1v) is 14.3. The van der Waals surface area contributed by atoms with Gasteiger partial charge in [0.2, 0.25) is 0 Å². The van der Waals surface area contributed by atoms with E-state index in [0.717, 1.165) is 36.1 Å². The van der Waals surface area contributed by atoms with Gasteiger partial charge in [-0.25, -0.2) is 9.78 Å². The Balaban J connectivity index is 1.81. The lowest BCUT2D eigenvalue weighted by molar-refractivity contribution is 0.0600. The smallest absolute Gasteiger partial charge is 0.337 e. The highest BCUT2D eigenvalue weighted by atomic mass is 35.5. The lowest BCUT2D eigenvalue weighted by atomic mass is 10.0. The second kappa shape index (κ2) is 9.85. The third kappa shape index (κ3) is 5.85. The van der Waals surface area contributed by atoms with E-state index in [0.29, 0.717) is 10.7 Å². The van der Waals surface area contributed by atoms with Gasteiger partial charge in [0.1, 0.15) is 5.15 Å². The molecule has 0 N–H and O–H groups in total. The zero-order valence-corrected chi connectivity index (χ0v) is 21.6. The summed E-state index contributed by atoms with van der Waals surface area (Å²) in [7, 11) is -0.632. The summed E-state index contributed by atoms with van der Waals surface area (Å²) < 4.78 is 11.6. The van der Waals surface area contributed by atoms with Crippen LogP contribution < -0.4 is 0 Å². The summed E-state index contributed by atoms with van der Waals surface area (Å²) in [5, 5.41) is 0.573. The first-order chi connectivity index (χ1) is 15.0. The Bertz CT molecular complexity index is 966. The predicted molar refractivity (Wildman–Crippen MR) is 132 cm³/mol. The van der Waals surface area contributed by atoms with E-state index >= 15 is 0 Å². The summed E-state index contributed by atoms with van der Waals surface area (Å²) in [5.41, 5.74) is 3.87. The standard InChI is InChI=1S/C25H33ClN2O3Si/c1-25(2,3)32(5,6)31-23(19-11-14-22(26)27-16-19)21-13-12-20(28-21)15-17-7-9-18(10-8-17)24(29)30-4/h7-11,14,16,21,23H,12-13,15H2,1-6H3/t21-,23-/m1/s1. The van der Waals surface area contributed by atoms with Crippen molar-refractivity contribution >= 4 is 31.6 Å². The molecule has 1 aromatic carbocycles. The van der Waals surface area contributed by atoms with Crippen LogP contribution >= 0.6 is 11.6 Å². The van der Waals surface area contributed by atoms with Crippen LogP contribution in [0.4, 0.5) is 0 Å². The first kappa shape index (κ1) is 24.6. The Hall–Kier alpha value is -2.02. The van der Waals surface area contributed by atoms with E-state index in [2.05, 4.69) is 38.8 Å². The molecule has 0 aliphatic carbocycles. The molecule has 0 bridgehead atoms. The molecule has 32 heavy (non-hydrogen) atoms. The van der Waals surface area contributed by atoms with Crippen LogP contribution in [0, 0.1) is 0 Å². The van der Waals surface area contributed by atoms with Crippen molar-refractivity contribution < 1.29 is 14.0 Å². The highest BCUT2D eigenvalue weighted by Crippen LogP contribution is 2.42. The maximum absolute atomic E-state index is 11.7. The second-order valence-electron chi connectivity index (χ2n) is 9.88. The van der Waals surface area contributed by atoms with Crippen molar-refractivity contribution in [3.8, 4) is 0 Å². The molecule has 0 radical (unpaired) electrons. The van der Waals surface area contributed by atoms with Crippen LogP contribution in [0.25, 0.3) is 0 Å². The lowest BCUT2D eigenvalue weighted by Gasteiger charge is -2.40. The third-order valence-electron chi connectivity index (χ3n) is 6.52. The predicted octanol–water partition coefficient (Wildman–Crippen LogP) is 6.43. The average Bonchev–Trinajstić information content (AvgIpc) is 3.20. The van der Waals surface area contributed by atoms with Crippen molar-refractivity contribution in [2.75, 3.05) is 7.11 Å². The number of ether oxygens (including phenoxy) is 1. The van der Waals surface area contributed by atoms with Gasteiger partial charge in [-0.2, -0.15) is 0 Å². The van der Waals surface area contributed by atoms with Crippen LogP contribution in [0.5, 0.6) is 0 Å². The van der Waals surface area contributed by atoms with E-state index in [1.807, 2.05) is 30.5 Å². The molecule has 7 heteroatoms.